The molecule has 36 heavy (non-hydrogen) atoms. The van der Waals surface area contributed by atoms with Gasteiger partial charge in [0.15, 0.2) is 0 Å². The summed E-state index contributed by atoms with van der Waals surface area (Å²) in [5.41, 5.74) is 1.41. The van der Waals surface area contributed by atoms with Gasteiger partial charge in [0.05, 0.1) is 21.9 Å². The minimum absolute atomic E-state index is 0.0400. The minimum Gasteiger partial charge on any atom is -0.322 e. The molecule has 2 aliphatic rings. The summed E-state index contributed by atoms with van der Waals surface area (Å²) >= 11 is 6.61. The van der Waals surface area contributed by atoms with Gasteiger partial charge in [-0.3, -0.25) is 24.2 Å². The van der Waals surface area contributed by atoms with Crippen molar-refractivity contribution in [1.29, 1.82) is 0 Å². The highest BCUT2D eigenvalue weighted by atomic mass is 32.2. The maximum absolute atomic E-state index is 14.0. The van der Waals surface area contributed by atoms with E-state index in [1.807, 2.05) is 0 Å². The van der Waals surface area contributed by atoms with Gasteiger partial charge in [-0.25, -0.2) is 4.39 Å². The zero-order valence-corrected chi connectivity index (χ0v) is 21.7. The predicted molar refractivity (Wildman–Crippen MR) is 146 cm³/mol. The molecule has 2 aromatic rings. The van der Waals surface area contributed by atoms with Crippen LogP contribution < -0.4 is 10.2 Å². The molecule has 6 nitrogen and oxygen atoms in total. The van der Waals surface area contributed by atoms with Gasteiger partial charge >= 0.3 is 0 Å². The van der Waals surface area contributed by atoms with Gasteiger partial charge in [0.1, 0.15) is 16.7 Å². The number of amides is 3. The van der Waals surface area contributed by atoms with Crippen molar-refractivity contribution in [1.82, 2.24) is 4.90 Å². The largest absolute Gasteiger partial charge is 0.322 e. The lowest BCUT2D eigenvalue weighted by molar-refractivity contribution is -0.122. The second-order valence-corrected chi connectivity index (χ2v) is 10.4. The fraction of sp³-hybridized carbons (Fsp3) is 0.333. The minimum atomic E-state index is -0.561. The lowest BCUT2D eigenvalue weighted by Gasteiger charge is -2.17. The van der Waals surface area contributed by atoms with Crippen molar-refractivity contribution in [2.24, 2.45) is 0 Å². The van der Waals surface area contributed by atoms with Crippen LogP contribution in [0.4, 0.5) is 15.8 Å². The molecule has 0 saturated carbocycles. The summed E-state index contributed by atoms with van der Waals surface area (Å²) in [6.07, 6.45) is 6.58. The third kappa shape index (κ3) is 5.52. The number of carbonyl (C=O) groups is 3. The molecule has 2 aromatic carbocycles. The van der Waals surface area contributed by atoms with E-state index in [4.69, 9.17) is 12.2 Å². The summed E-state index contributed by atoms with van der Waals surface area (Å²) in [5, 5.41) is 2.51. The molecule has 2 aliphatic heterocycles. The molecule has 0 bridgehead atoms. The number of thiocarbonyl (C=S) groups is 1. The maximum Gasteiger partial charge on any atom is 0.267 e. The van der Waals surface area contributed by atoms with Gasteiger partial charge in [0, 0.05) is 12.1 Å². The van der Waals surface area contributed by atoms with Gasteiger partial charge in [0.25, 0.3) is 11.8 Å². The summed E-state index contributed by atoms with van der Waals surface area (Å²) < 4.78 is 14.4. The van der Waals surface area contributed by atoms with Crippen LogP contribution in [0.25, 0.3) is 5.57 Å². The molecule has 1 saturated heterocycles. The summed E-state index contributed by atoms with van der Waals surface area (Å²) in [6.45, 7) is 2.39. The highest BCUT2D eigenvalue weighted by Crippen LogP contribution is 2.44. The number of hydrogen-bond acceptors (Lipinski definition) is 5. The van der Waals surface area contributed by atoms with Crippen LogP contribution in [0.1, 0.15) is 51.0 Å². The number of benzene rings is 2. The number of rotatable bonds is 10. The molecular weight excluding hydrogens is 497 g/mol. The molecule has 1 N–H and O–H groups in total. The second-order valence-electron chi connectivity index (χ2n) is 8.73. The van der Waals surface area contributed by atoms with Gasteiger partial charge in [-0.2, -0.15) is 0 Å². The van der Waals surface area contributed by atoms with Crippen LogP contribution in [0.15, 0.2) is 53.4 Å². The second kappa shape index (κ2) is 11.8. The van der Waals surface area contributed by atoms with E-state index < -0.39 is 17.6 Å². The number of nitrogens with one attached hydrogen (secondary N) is 1. The lowest BCUT2D eigenvalue weighted by atomic mass is 10.1. The van der Waals surface area contributed by atoms with Crippen molar-refractivity contribution >= 4 is 63.0 Å². The molecule has 0 radical (unpaired) electrons. The first-order valence-corrected chi connectivity index (χ1v) is 13.4. The van der Waals surface area contributed by atoms with Crippen LogP contribution in [-0.2, 0) is 14.4 Å². The van der Waals surface area contributed by atoms with Crippen LogP contribution in [0.3, 0.4) is 0 Å². The van der Waals surface area contributed by atoms with Crippen molar-refractivity contribution < 1.29 is 18.8 Å². The average Bonchev–Trinajstić information content (AvgIpc) is 3.29. The standard InChI is InChI=1S/C27H28FN3O3S2/c1-2-3-4-5-6-11-16-30-26(34)24(36-27(30)35)23-18-12-7-10-15-21(18)31(25(23)33)17-22(32)29-20-14-9-8-13-19(20)28/h7-10,12-15H,2-6,11,16-17H2,1H3,(H,29,32). The van der Waals surface area contributed by atoms with Crippen LogP contribution in [0.2, 0.25) is 0 Å². The number of hydrogen-bond donors (Lipinski definition) is 1. The lowest BCUT2D eigenvalue weighted by Crippen LogP contribution is -2.35. The number of nitrogens with zero attached hydrogens (tertiary/aromatic N) is 2. The first kappa shape index (κ1) is 26.0. The Balaban J connectivity index is 1.51. The first-order valence-electron chi connectivity index (χ1n) is 12.2. The van der Waals surface area contributed by atoms with E-state index in [0.29, 0.717) is 27.0 Å². The summed E-state index contributed by atoms with van der Waals surface area (Å²) in [4.78, 5) is 42.7. The number of thioether (sulfide) groups is 1. The van der Waals surface area contributed by atoms with E-state index >= 15 is 0 Å². The van der Waals surface area contributed by atoms with Crippen LogP contribution in [0, 0.1) is 5.82 Å². The van der Waals surface area contributed by atoms with E-state index in [-0.39, 0.29) is 23.7 Å². The zero-order chi connectivity index (χ0) is 25.7. The van der Waals surface area contributed by atoms with Gasteiger partial charge in [0.2, 0.25) is 5.91 Å². The highest BCUT2D eigenvalue weighted by molar-refractivity contribution is 8.26. The van der Waals surface area contributed by atoms with Crippen molar-refractivity contribution in [3.8, 4) is 0 Å². The Hall–Kier alpha value is -3.04. The van der Waals surface area contributed by atoms with E-state index in [2.05, 4.69) is 12.2 Å². The highest BCUT2D eigenvalue weighted by Gasteiger charge is 2.42. The van der Waals surface area contributed by atoms with Crippen molar-refractivity contribution in [3.63, 3.8) is 0 Å². The number of anilines is 2. The van der Waals surface area contributed by atoms with Crippen LogP contribution in [0.5, 0.6) is 0 Å². The van der Waals surface area contributed by atoms with E-state index in [1.165, 1.54) is 42.4 Å². The molecule has 9 heteroatoms. The SMILES string of the molecule is CCCCCCCCN1C(=O)C(=C2C(=O)N(CC(=O)Nc3ccccc3F)c3ccccc32)SC1=S. The third-order valence-corrected chi connectivity index (χ3v) is 7.63. The topological polar surface area (TPSA) is 69.7 Å². The third-order valence-electron chi connectivity index (χ3n) is 6.18. The first-order chi connectivity index (χ1) is 17.4. The molecule has 0 spiro atoms. The molecule has 1 fully saturated rings. The fourth-order valence-corrected chi connectivity index (χ4v) is 5.72. The molecule has 2 heterocycles. The van der Waals surface area contributed by atoms with E-state index in [9.17, 15) is 18.8 Å². The predicted octanol–water partition coefficient (Wildman–Crippen LogP) is 5.74. The fourth-order valence-electron chi connectivity index (χ4n) is 4.34. The Bertz CT molecular complexity index is 1230. The van der Waals surface area contributed by atoms with E-state index in [0.717, 1.165) is 31.0 Å². The zero-order valence-electron chi connectivity index (χ0n) is 20.1. The average molecular weight is 526 g/mol. The quantitative estimate of drug-likeness (QED) is 0.243. The van der Waals surface area contributed by atoms with Crippen LogP contribution in [-0.4, -0.2) is 40.0 Å². The van der Waals surface area contributed by atoms with Gasteiger partial charge in [-0.15, -0.1) is 0 Å². The number of fused-ring (bicyclic) bond motifs is 1. The van der Waals surface area contributed by atoms with Gasteiger partial charge in [-0.1, -0.05) is 93.3 Å². The normalized spacial score (nSPS) is 17.2. The summed E-state index contributed by atoms with van der Waals surface area (Å²) in [7, 11) is 0. The van der Waals surface area contributed by atoms with Crippen molar-refractivity contribution in [2.45, 2.75) is 45.4 Å². The summed E-state index contributed by atoms with van der Waals surface area (Å²) in [6, 6.07) is 12.9. The Morgan fingerprint density at radius 1 is 0.944 bits per heavy atom. The Morgan fingerprint density at radius 2 is 1.64 bits per heavy atom. The monoisotopic (exact) mass is 525 g/mol. The van der Waals surface area contributed by atoms with E-state index in [1.54, 1.807) is 35.2 Å². The maximum atomic E-state index is 14.0. The summed E-state index contributed by atoms with van der Waals surface area (Å²) in [5.74, 6) is -1.82. The van der Waals surface area contributed by atoms with Crippen molar-refractivity contribution in [2.75, 3.05) is 23.3 Å². The molecule has 4 rings (SSSR count). The molecule has 0 aromatic heterocycles. The molecule has 188 valence electrons. The van der Waals surface area contributed by atoms with Crippen LogP contribution >= 0.6 is 24.0 Å². The molecular formula is C27H28FN3O3S2. The van der Waals surface area contributed by atoms with Gasteiger partial charge in [-0.05, 0) is 24.6 Å². The Kier molecular flexibility index (Phi) is 8.53. The molecule has 0 unspecified atom stereocenters. The molecule has 0 atom stereocenters. The smallest absolute Gasteiger partial charge is 0.267 e. The van der Waals surface area contributed by atoms with Gasteiger partial charge < -0.3 is 5.32 Å². The molecule has 3 amide bonds. The number of carbonyl (C=O) groups excluding carboxylic acids is 3. The number of halogens is 1. The number of para-hydroxylation sites is 2. The Labute approximate surface area is 219 Å². The molecule has 0 aliphatic carbocycles. The Morgan fingerprint density at radius 3 is 2.42 bits per heavy atom. The van der Waals surface area contributed by atoms with Crippen molar-refractivity contribution in [3.05, 3.63) is 64.8 Å². The number of unbranched alkanes of at least 4 members (excludes halogenated alkanes) is 5.